The summed E-state index contributed by atoms with van der Waals surface area (Å²) in [5.74, 6) is 3.94. The molecule has 0 aliphatic heterocycles. The Kier molecular flexibility index (Phi) is 20.4. The van der Waals surface area contributed by atoms with E-state index in [1.807, 2.05) is 144 Å². The molecular weight excluding hydrogens is 1770 g/mol. The molecule has 0 radical (unpaired) electrons. The molecule has 0 bridgehead atoms. The summed E-state index contributed by atoms with van der Waals surface area (Å²) in [6.45, 7) is 0. The van der Waals surface area contributed by atoms with E-state index in [2.05, 4.69) is 394 Å². The first-order valence-corrected chi connectivity index (χ1v) is 49.5. The molecule has 8 aromatic heterocycles. The summed E-state index contributed by atoms with van der Waals surface area (Å²) in [5.41, 5.74) is 27.2. The quantitative estimate of drug-likeness (QED) is 0.114. The average molecular weight is 1850 g/mol. The zero-order chi connectivity index (χ0) is 93.7. The smallest absolute Gasteiger partial charge is 0.164 e. The predicted octanol–water partition coefficient (Wildman–Crippen LogP) is 34.7. The van der Waals surface area contributed by atoms with E-state index in [-0.39, 0.29) is 0 Å². The van der Waals surface area contributed by atoms with Gasteiger partial charge < -0.3 is 18.3 Å². The second-order valence-electron chi connectivity index (χ2n) is 35.9. The minimum atomic E-state index is 0.651. The number of thiophene rings is 2. The summed E-state index contributed by atoms with van der Waals surface area (Å²) in [4.78, 5) is 29.4. The largest absolute Gasteiger partial charge is 0.309 e. The summed E-state index contributed by atoms with van der Waals surface area (Å²) in [6, 6.07) is 177. The van der Waals surface area contributed by atoms with Crippen LogP contribution in [0, 0.1) is 0 Å². The van der Waals surface area contributed by atoms with Crippen molar-refractivity contribution in [3.05, 3.63) is 497 Å². The van der Waals surface area contributed by atoms with E-state index < -0.39 is 0 Å². The van der Waals surface area contributed by atoms with Gasteiger partial charge in [0.1, 0.15) is 0 Å². The number of hydrogen-bond donors (Lipinski definition) is 0. The lowest BCUT2D eigenvalue weighted by Crippen LogP contribution is -2.00. The fraction of sp³-hybridized carbons (Fsp3) is 0. The summed E-state index contributed by atoms with van der Waals surface area (Å²) in [7, 11) is 0. The van der Waals surface area contributed by atoms with Crippen molar-refractivity contribution in [2.45, 2.75) is 0 Å². The molecule has 0 fully saturated rings. The molecule has 21 aromatic carbocycles. The minimum Gasteiger partial charge on any atom is -0.309 e. The molecule has 0 unspecified atom stereocenters. The molecule has 664 valence electrons. The highest BCUT2D eigenvalue weighted by molar-refractivity contribution is 7.27. The summed E-state index contributed by atoms with van der Waals surface area (Å²) in [6.07, 6.45) is 0. The maximum atomic E-state index is 4.92. The lowest BCUT2D eigenvalue weighted by molar-refractivity contribution is 1.07. The van der Waals surface area contributed by atoms with Crippen molar-refractivity contribution < 1.29 is 0 Å². The van der Waals surface area contributed by atoms with Crippen LogP contribution in [0.25, 0.3) is 263 Å². The van der Waals surface area contributed by atoms with Crippen LogP contribution >= 0.6 is 22.7 Å². The van der Waals surface area contributed by atoms with E-state index >= 15 is 0 Å². The first-order valence-electron chi connectivity index (χ1n) is 47.9. The normalized spacial score (nSPS) is 11.7. The lowest BCUT2D eigenvalue weighted by Gasteiger charge is -2.14. The molecule has 10 nitrogen and oxygen atoms in total. The number of para-hydroxylation sites is 5. The van der Waals surface area contributed by atoms with E-state index in [9.17, 15) is 0 Å². The molecule has 0 aliphatic carbocycles. The monoisotopic (exact) mass is 1850 g/mol. The van der Waals surface area contributed by atoms with Gasteiger partial charge in [-0.25, -0.2) is 29.9 Å². The SMILES string of the molecule is c1ccc(-c2ccc(-c3cc(-n4c5ccccc5c5cc(-c6ccc7c(c6)c6ccccc6n7-c6ccccc6)ccc54)cc4ccccc34)cc2)cc1.c1ccc(-c2nc(-c3ccccc3)nc(-c3ccc(-n4c5ccccc5c5c6c(ccc54)sc4ccccc46)cc3)n2)cc1.c1ccc(-c2nc(-c3ccccc3)nc(-c3ccc(-n4c5ccccc5c5c6sc7ccccc7c6ccc54)cc3)n2)cc1. The summed E-state index contributed by atoms with van der Waals surface area (Å²) >= 11 is 3.74. The Morgan fingerprint density at radius 3 is 0.944 bits per heavy atom. The Bertz CT molecular complexity index is 9830. The zero-order valence-corrected chi connectivity index (χ0v) is 78.3. The molecule has 29 aromatic rings. The highest BCUT2D eigenvalue weighted by atomic mass is 32.1. The topological polar surface area (TPSA) is 97.1 Å². The third kappa shape index (κ3) is 14.5. The molecule has 8 heterocycles. The highest BCUT2D eigenvalue weighted by Crippen LogP contribution is 2.48. The number of aromatic nitrogens is 10. The third-order valence-electron chi connectivity index (χ3n) is 27.6. The average Bonchev–Trinajstić information content (AvgIpc) is 1.57. The van der Waals surface area contributed by atoms with Gasteiger partial charge in [-0.15, -0.1) is 22.7 Å². The van der Waals surface area contributed by atoms with Gasteiger partial charge in [-0.1, -0.05) is 346 Å². The third-order valence-corrected chi connectivity index (χ3v) is 30.0. The van der Waals surface area contributed by atoms with Crippen molar-refractivity contribution in [3.63, 3.8) is 0 Å². The van der Waals surface area contributed by atoms with E-state index in [0.717, 1.165) is 50.4 Å². The van der Waals surface area contributed by atoms with Crippen LogP contribution in [-0.2, 0) is 0 Å². The standard InChI is InChI=1S/C52H34N2.2C39H24N4S/c1-3-13-35(14-4-1)36-23-25-37(26-24-36)46-34-42(31-40-15-7-8-18-43(40)46)54-50-22-12-10-20-45(50)48-33-39(28-30-52(48)54)38-27-29-51-47(32-38)44-19-9-11-21-49(44)53(51)41-16-5-2-6-17-41;1-3-11-25(12-4-1)37-40-38(26-13-5-2-6-14-26)42-39(41-37)27-19-21-28(22-20-27)43-32-17-9-7-16-31(32)35-33(43)24-23-30-29-15-8-10-18-34(29)44-36(30)35;1-3-11-25(12-4-1)37-40-38(26-13-5-2-6-14-26)42-39(41-37)27-19-21-28(22-20-27)43-31-17-9-7-15-29(31)35-32(43)23-24-34-36(35)30-16-8-10-18-33(30)44-34/h1-34H;2*1-24H. The van der Waals surface area contributed by atoms with E-state index in [0.29, 0.717) is 34.9 Å². The second kappa shape index (κ2) is 35.0. The van der Waals surface area contributed by atoms with Crippen LogP contribution in [0.2, 0.25) is 0 Å². The van der Waals surface area contributed by atoms with E-state index in [1.165, 1.54) is 177 Å². The summed E-state index contributed by atoms with van der Waals surface area (Å²) < 4.78 is 14.9. The van der Waals surface area contributed by atoms with Gasteiger partial charge in [0.05, 0.1) is 44.1 Å². The first-order chi connectivity index (χ1) is 70.4. The van der Waals surface area contributed by atoms with Gasteiger partial charge in [0.15, 0.2) is 34.9 Å². The highest BCUT2D eigenvalue weighted by Gasteiger charge is 2.25. The molecule has 0 N–H and O–H groups in total. The van der Waals surface area contributed by atoms with Crippen LogP contribution < -0.4 is 0 Å². The molecule has 0 atom stereocenters. The summed E-state index contributed by atoms with van der Waals surface area (Å²) in [5, 5.41) is 17.9. The Balaban J connectivity index is 0.000000107. The Morgan fingerprint density at radius 1 is 0.148 bits per heavy atom. The molecule has 0 saturated heterocycles. The molecule has 12 heteroatoms. The van der Waals surface area contributed by atoms with Gasteiger partial charge in [-0.2, -0.15) is 0 Å². The van der Waals surface area contributed by atoms with Crippen LogP contribution in [-0.4, -0.2) is 48.2 Å². The molecule has 29 rings (SSSR count). The second-order valence-corrected chi connectivity index (χ2v) is 38.0. The van der Waals surface area contributed by atoms with Crippen molar-refractivity contribution in [2.24, 2.45) is 0 Å². The van der Waals surface area contributed by atoms with Crippen LogP contribution in [0.3, 0.4) is 0 Å². The number of rotatable bonds is 13. The minimum absolute atomic E-state index is 0.651. The number of hydrogen-bond acceptors (Lipinski definition) is 8. The Labute approximate surface area is 824 Å². The van der Waals surface area contributed by atoms with Crippen molar-refractivity contribution in [3.8, 4) is 124 Å². The molecule has 0 spiro atoms. The first kappa shape index (κ1) is 83.0. The van der Waals surface area contributed by atoms with E-state index in [1.54, 1.807) is 0 Å². The maximum absolute atomic E-state index is 4.92. The molecule has 0 saturated carbocycles. The fourth-order valence-electron chi connectivity index (χ4n) is 21.0. The van der Waals surface area contributed by atoms with Gasteiger partial charge in [0.25, 0.3) is 0 Å². The van der Waals surface area contributed by atoms with Crippen LogP contribution in [0.4, 0.5) is 0 Å². The maximum Gasteiger partial charge on any atom is 0.164 e. The molecule has 142 heavy (non-hydrogen) atoms. The number of benzene rings is 21. The van der Waals surface area contributed by atoms with Crippen LogP contribution in [0.15, 0.2) is 497 Å². The van der Waals surface area contributed by atoms with Gasteiger partial charge in [0.2, 0.25) is 0 Å². The Morgan fingerprint density at radius 2 is 0.458 bits per heavy atom. The zero-order valence-electron chi connectivity index (χ0n) is 76.6. The van der Waals surface area contributed by atoms with E-state index in [4.69, 9.17) is 29.9 Å². The van der Waals surface area contributed by atoms with Gasteiger partial charge in [-0.3, -0.25) is 0 Å². The van der Waals surface area contributed by atoms with Gasteiger partial charge in [0, 0.05) is 140 Å². The van der Waals surface area contributed by atoms with Gasteiger partial charge in [-0.05, 0) is 196 Å². The van der Waals surface area contributed by atoms with Crippen LogP contribution in [0.1, 0.15) is 0 Å². The predicted molar refractivity (Wildman–Crippen MR) is 596 cm³/mol. The number of nitrogens with zero attached hydrogens (tertiary/aromatic N) is 10. The number of fused-ring (bicyclic) bond motifs is 21. The van der Waals surface area contributed by atoms with Crippen molar-refractivity contribution in [1.82, 2.24) is 48.2 Å². The van der Waals surface area contributed by atoms with Gasteiger partial charge >= 0.3 is 0 Å². The lowest BCUT2D eigenvalue weighted by atomic mass is 9.95. The Hall–Kier alpha value is -18.5. The van der Waals surface area contributed by atoms with Crippen molar-refractivity contribution >= 4 is 161 Å². The molecule has 0 amide bonds. The molecule has 0 aliphatic rings. The van der Waals surface area contributed by atoms with Crippen molar-refractivity contribution in [1.29, 1.82) is 0 Å². The van der Waals surface area contributed by atoms with Crippen molar-refractivity contribution in [2.75, 3.05) is 0 Å². The van der Waals surface area contributed by atoms with Crippen LogP contribution in [0.5, 0.6) is 0 Å². The molecular formula is C130H82N10S2. The fourth-order valence-corrected chi connectivity index (χ4v) is 23.4.